The molecule has 0 unspecified atom stereocenters. The van der Waals surface area contributed by atoms with Gasteiger partial charge in [-0.3, -0.25) is 4.40 Å². The number of benzene rings is 4. The molecule has 1 amide bonds. The quantitative estimate of drug-likeness (QED) is 0.116. The molecule has 7 rings (SSSR count). The number of carbonyl (C=O) groups excluding carboxylic acids is 1. The van der Waals surface area contributed by atoms with Crippen LogP contribution in [-0.4, -0.2) is 67.1 Å². The van der Waals surface area contributed by atoms with E-state index in [0.29, 0.717) is 36.5 Å². The van der Waals surface area contributed by atoms with Gasteiger partial charge in [-0.1, -0.05) is 112 Å². The number of piperidine rings is 1. The van der Waals surface area contributed by atoms with Crippen LogP contribution >= 0.6 is 15.9 Å². The predicted octanol–water partition coefficient (Wildman–Crippen LogP) is 8.58. The van der Waals surface area contributed by atoms with Gasteiger partial charge in [0, 0.05) is 43.0 Å². The summed E-state index contributed by atoms with van der Waals surface area (Å²) in [5.74, 6) is 2.89. The van der Waals surface area contributed by atoms with E-state index < -0.39 is 8.32 Å². The van der Waals surface area contributed by atoms with Crippen LogP contribution in [0.1, 0.15) is 56.5 Å². The van der Waals surface area contributed by atoms with Gasteiger partial charge in [-0.25, -0.2) is 14.8 Å². The van der Waals surface area contributed by atoms with Crippen LogP contribution < -0.4 is 25.2 Å². The van der Waals surface area contributed by atoms with Crippen molar-refractivity contribution >= 4 is 52.0 Å². The molecular weight excluding hydrogens is 799 g/mol. The second-order valence-electron chi connectivity index (χ2n) is 15.4. The number of methoxy groups -OCH3 is 2. The van der Waals surface area contributed by atoms with E-state index in [1.165, 1.54) is 10.4 Å². The smallest absolute Gasteiger partial charge is 0.410 e. The zero-order valence-corrected chi connectivity index (χ0v) is 35.7. The fraction of sp³-hybridized carbons (Fsp3) is 0.311. The summed E-state index contributed by atoms with van der Waals surface area (Å²) >= 11 is 3.75. The lowest BCUT2D eigenvalue weighted by molar-refractivity contribution is 0.0464. The second-order valence-corrected chi connectivity index (χ2v) is 20.4. The van der Waals surface area contributed by atoms with Gasteiger partial charge in [-0.2, -0.15) is 0 Å². The second kappa shape index (κ2) is 17.5. The fourth-order valence-corrected chi connectivity index (χ4v) is 13.2. The lowest BCUT2D eigenvalue weighted by atomic mass is 9.92. The highest BCUT2D eigenvalue weighted by atomic mass is 79.9. The number of nitrogens with zero attached hydrogens (tertiary/aromatic N) is 4. The van der Waals surface area contributed by atoms with Gasteiger partial charge in [0.2, 0.25) is 0 Å². The van der Waals surface area contributed by atoms with Gasteiger partial charge in [0.25, 0.3) is 8.32 Å². The summed E-state index contributed by atoms with van der Waals surface area (Å²) in [6.45, 7) is 8.27. The van der Waals surface area contributed by atoms with E-state index in [-0.39, 0.29) is 29.7 Å². The van der Waals surface area contributed by atoms with Crippen LogP contribution in [0.25, 0.3) is 5.52 Å². The van der Waals surface area contributed by atoms with Crippen molar-refractivity contribution in [1.82, 2.24) is 19.3 Å². The number of likely N-dealkylation sites (tertiary alicyclic amines) is 1. The van der Waals surface area contributed by atoms with Gasteiger partial charge < -0.3 is 28.9 Å². The highest BCUT2D eigenvalue weighted by molar-refractivity contribution is 9.10. The van der Waals surface area contributed by atoms with E-state index in [1.807, 2.05) is 71.8 Å². The molecule has 4 aromatic carbocycles. The Morgan fingerprint density at radius 2 is 1.56 bits per heavy atom. The van der Waals surface area contributed by atoms with E-state index in [1.54, 1.807) is 20.4 Å². The minimum Gasteiger partial charge on any atom is -0.497 e. The molecule has 1 fully saturated rings. The molecule has 0 radical (unpaired) electrons. The Labute approximate surface area is 344 Å². The van der Waals surface area contributed by atoms with Crippen molar-refractivity contribution in [2.75, 3.05) is 32.7 Å². The van der Waals surface area contributed by atoms with Crippen molar-refractivity contribution in [2.24, 2.45) is 0 Å². The van der Waals surface area contributed by atoms with E-state index in [4.69, 9.17) is 28.6 Å². The van der Waals surface area contributed by atoms with Crippen LogP contribution in [0.2, 0.25) is 5.04 Å². The third-order valence-electron chi connectivity index (χ3n) is 10.9. The van der Waals surface area contributed by atoms with Crippen LogP contribution in [0, 0.1) is 0 Å². The molecule has 57 heavy (non-hydrogen) atoms. The van der Waals surface area contributed by atoms with Gasteiger partial charge in [0.1, 0.15) is 34.1 Å². The molecule has 0 aliphatic carbocycles. The monoisotopic (exact) mass is 847 g/mol. The van der Waals surface area contributed by atoms with Crippen molar-refractivity contribution in [1.29, 1.82) is 0 Å². The summed E-state index contributed by atoms with van der Waals surface area (Å²) in [4.78, 5) is 25.9. The van der Waals surface area contributed by atoms with E-state index in [0.717, 1.165) is 40.4 Å². The summed E-state index contributed by atoms with van der Waals surface area (Å²) in [7, 11) is 0.420. The highest BCUT2D eigenvalue weighted by Gasteiger charge is 2.51. The molecule has 0 spiro atoms. The topological polar surface area (TPSA) is 99.5 Å². The number of anilines is 1. The van der Waals surface area contributed by atoms with Gasteiger partial charge in [-0.15, -0.1) is 0 Å². The highest BCUT2D eigenvalue weighted by Crippen LogP contribution is 2.39. The number of hydrogen-bond acceptors (Lipinski definition) is 8. The summed E-state index contributed by atoms with van der Waals surface area (Å²) in [5.41, 5.74) is 2.71. The molecule has 1 N–H and O–H groups in total. The Morgan fingerprint density at radius 1 is 0.895 bits per heavy atom. The molecule has 0 bridgehead atoms. The average Bonchev–Trinajstić information content (AvgIpc) is 3.59. The maximum atomic E-state index is 14.2. The van der Waals surface area contributed by atoms with Crippen molar-refractivity contribution in [3.05, 3.63) is 143 Å². The first-order valence-corrected chi connectivity index (χ1v) is 22.0. The number of aromatic nitrogens is 3. The zero-order valence-electron chi connectivity index (χ0n) is 33.2. The molecule has 1 aliphatic heterocycles. The molecule has 1 saturated heterocycles. The zero-order chi connectivity index (χ0) is 40.0. The first-order chi connectivity index (χ1) is 27.6. The Bertz CT molecular complexity index is 2230. The van der Waals surface area contributed by atoms with Gasteiger partial charge in [0.05, 0.1) is 26.9 Å². The van der Waals surface area contributed by atoms with Crippen molar-refractivity contribution in [2.45, 2.75) is 63.8 Å². The third kappa shape index (κ3) is 8.44. The molecule has 2 atom stereocenters. The summed E-state index contributed by atoms with van der Waals surface area (Å²) in [6, 6.07) is 36.6. The minimum absolute atomic E-state index is 0.0749. The van der Waals surface area contributed by atoms with Crippen LogP contribution in [0.4, 0.5) is 10.6 Å². The Hall–Kier alpha value is -5.17. The Kier molecular flexibility index (Phi) is 12.3. The van der Waals surface area contributed by atoms with Crippen LogP contribution in [0.3, 0.4) is 0 Å². The molecule has 1 aliphatic rings. The number of halogens is 1. The van der Waals surface area contributed by atoms with Crippen molar-refractivity contribution < 1.29 is 23.4 Å². The molecule has 2 aromatic heterocycles. The number of hydrogen-bond donors (Lipinski definition) is 1. The van der Waals surface area contributed by atoms with Gasteiger partial charge in [-0.05, 0) is 61.9 Å². The van der Waals surface area contributed by atoms with Crippen molar-refractivity contribution in [3.8, 4) is 11.5 Å². The SMILES string of the molecule is COc1ccc(CNc2nccn3c([C@@H]4CC[C@@H](CO[Si](c5ccccc5)(c5ccccc5)C(C)(C)C)N(C(=O)OCc5ccccc5)C4)nc(Br)c23)c(OC)c1. The average molecular weight is 849 g/mol. The number of fused-ring (bicyclic) bond motifs is 1. The lowest BCUT2D eigenvalue weighted by Crippen LogP contribution is -2.67. The normalized spacial score (nSPS) is 16.0. The molecular formula is C45H50BrN5O5Si. The largest absolute Gasteiger partial charge is 0.497 e. The van der Waals surface area contributed by atoms with Crippen LogP contribution in [0.15, 0.2) is 126 Å². The first kappa shape index (κ1) is 40.0. The first-order valence-electron chi connectivity index (χ1n) is 19.3. The molecule has 3 heterocycles. The molecule has 10 nitrogen and oxygen atoms in total. The summed E-state index contributed by atoms with van der Waals surface area (Å²) in [6.07, 6.45) is 4.85. The van der Waals surface area contributed by atoms with E-state index in [9.17, 15) is 4.79 Å². The Balaban J connectivity index is 1.18. The maximum Gasteiger partial charge on any atom is 0.410 e. The maximum absolute atomic E-state index is 14.2. The predicted molar refractivity (Wildman–Crippen MR) is 230 cm³/mol. The summed E-state index contributed by atoms with van der Waals surface area (Å²) < 4.78 is 27.2. The molecule has 12 heteroatoms. The fourth-order valence-electron chi connectivity index (χ4n) is 8.03. The minimum atomic E-state index is -2.86. The number of rotatable bonds is 13. The lowest BCUT2D eigenvalue weighted by Gasteiger charge is -2.45. The number of nitrogens with one attached hydrogen (secondary N) is 1. The molecule has 296 valence electrons. The number of imidazole rings is 1. The van der Waals surface area contributed by atoms with Crippen LogP contribution in [-0.2, 0) is 22.3 Å². The number of ether oxygens (including phenoxy) is 3. The molecule has 0 saturated carbocycles. The van der Waals surface area contributed by atoms with Crippen molar-refractivity contribution in [3.63, 3.8) is 0 Å². The third-order valence-corrected chi connectivity index (χ3v) is 16.5. The number of amides is 1. The van der Waals surface area contributed by atoms with Gasteiger partial charge in [0.15, 0.2) is 5.82 Å². The molecule has 6 aromatic rings. The van der Waals surface area contributed by atoms with Crippen LogP contribution in [0.5, 0.6) is 11.5 Å². The number of carbonyl (C=O) groups is 1. The van der Waals surface area contributed by atoms with E-state index >= 15 is 0 Å². The van der Waals surface area contributed by atoms with E-state index in [2.05, 4.69) is 94.9 Å². The van der Waals surface area contributed by atoms with Gasteiger partial charge >= 0.3 is 6.09 Å². The summed E-state index contributed by atoms with van der Waals surface area (Å²) in [5, 5.41) is 5.69. The Morgan fingerprint density at radius 3 is 2.19 bits per heavy atom. The standard InChI is InChI=1S/C45H50BrN5O5Si/c1-45(2,3)57(37-17-11-7-12-18-37,38-19-13-8-14-20-38)56-31-35-23-21-34(29-51(35)44(52)55-30-32-15-9-6-10-16-32)43-49-41(46)40-42(47-25-26-50(40)43)48-28-33-22-24-36(53-4)27-39(33)54-5/h6-20,22,24-27,34-35H,21,23,28-31H2,1-5H3,(H,47,48)/t34-,35+/m1/s1.